The van der Waals surface area contributed by atoms with Gasteiger partial charge in [0, 0.05) is 28.2 Å². The van der Waals surface area contributed by atoms with Crippen LogP contribution in [0.3, 0.4) is 0 Å². The minimum Gasteiger partial charge on any atom is -0.354 e. The van der Waals surface area contributed by atoms with Crippen molar-refractivity contribution in [2.75, 3.05) is 17.4 Å². The number of amides is 2. The Balaban J connectivity index is 2.04. The van der Waals surface area contributed by atoms with E-state index in [1.54, 1.807) is 55.5 Å². The fourth-order valence-electron chi connectivity index (χ4n) is 4.11. The van der Waals surface area contributed by atoms with Crippen LogP contribution in [0.4, 0.5) is 5.69 Å². The number of nitrogens with one attached hydrogen (secondary N) is 1. The van der Waals surface area contributed by atoms with E-state index in [1.165, 1.54) is 29.2 Å². The topological polar surface area (TPSA) is 86.8 Å². The van der Waals surface area contributed by atoms with Gasteiger partial charge in [-0.1, -0.05) is 79.3 Å². The summed E-state index contributed by atoms with van der Waals surface area (Å²) in [7, 11) is -4.15. The summed E-state index contributed by atoms with van der Waals surface area (Å²) in [5, 5.41) is 4.07. The normalized spacial score (nSPS) is 12.0. The molecule has 40 heavy (non-hydrogen) atoms. The minimum atomic E-state index is -4.15. The molecule has 0 unspecified atom stereocenters. The molecule has 0 radical (unpaired) electrons. The molecule has 214 valence electrons. The number of unbranched alkanes of at least 4 members (excludes halogenated alkanes) is 1. The van der Waals surface area contributed by atoms with Crippen molar-refractivity contribution >= 4 is 62.3 Å². The number of nitrogens with zero attached hydrogens (tertiary/aromatic N) is 2. The maximum Gasteiger partial charge on any atom is 0.264 e. The number of anilines is 1. The van der Waals surface area contributed by atoms with Gasteiger partial charge >= 0.3 is 0 Å². The fourth-order valence-corrected chi connectivity index (χ4v) is 6.14. The van der Waals surface area contributed by atoms with E-state index in [2.05, 4.69) is 5.32 Å². The van der Waals surface area contributed by atoms with Crippen LogP contribution < -0.4 is 9.62 Å². The number of benzene rings is 3. The van der Waals surface area contributed by atoms with E-state index in [9.17, 15) is 18.0 Å². The van der Waals surface area contributed by atoms with E-state index in [0.29, 0.717) is 33.6 Å². The molecule has 0 saturated heterocycles. The zero-order valence-electron chi connectivity index (χ0n) is 22.3. The van der Waals surface area contributed by atoms with E-state index < -0.39 is 28.5 Å². The fraction of sp³-hybridized carbons (Fsp3) is 0.310. The monoisotopic (exact) mass is 623 g/mol. The maximum absolute atomic E-state index is 14.0. The summed E-state index contributed by atoms with van der Waals surface area (Å²) in [6.45, 7) is 3.71. The highest BCUT2D eigenvalue weighted by Crippen LogP contribution is 2.27. The third kappa shape index (κ3) is 8.13. The van der Waals surface area contributed by atoms with E-state index in [0.717, 1.165) is 17.1 Å². The number of hydrogen-bond donors (Lipinski definition) is 1. The molecule has 0 aliphatic carbocycles. The minimum absolute atomic E-state index is 0.0195. The van der Waals surface area contributed by atoms with Crippen molar-refractivity contribution in [1.82, 2.24) is 10.2 Å². The first-order valence-corrected chi connectivity index (χ1v) is 15.5. The van der Waals surface area contributed by atoms with Gasteiger partial charge in [0.1, 0.15) is 12.6 Å². The first kappa shape index (κ1) is 31.7. The Kier molecular flexibility index (Phi) is 11.7. The zero-order chi connectivity index (χ0) is 29.3. The average molecular weight is 625 g/mol. The van der Waals surface area contributed by atoms with Gasteiger partial charge in [-0.15, -0.1) is 0 Å². The van der Waals surface area contributed by atoms with Crippen molar-refractivity contribution in [2.45, 2.75) is 50.6 Å². The van der Waals surface area contributed by atoms with Gasteiger partial charge in [0.05, 0.1) is 10.6 Å². The molecule has 3 rings (SSSR count). The summed E-state index contributed by atoms with van der Waals surface area (Å²) < 4.78 is 28.6. The number of carbonyl (C=O) groups is 2. The molecule has 0 spiro atoms. The second-order valence-corrected chi connectivity index (χ2v) is 12.3. The largest absolute Gasteiger partial charge is 0.354 e. The van der Waals surface area contributed by atoms with Gasteiger partial charge in [0.2, 0.25) is 11.8 Å². The molecule has 0 saturated carbocycles. The lowest BCUT2D eigenvalue weighted by atomic mass is 10.1. The summed E-state index contributed by atoms with van der Waals surface area (Å²) >= 11 is 18.6. The highest BCUT2D eigenvalue weighted by atomic mass is 35.5. The van der Waals surface area contributed by atoms with Gasteiger partial charge in [-0.25, -0.2) is 8.42 Å². The van der Waals surface area contributed by atoms with Crippen LogP contribution in [-0.4, -0.2) is 44.3 Å². The van der Waals surface area contributed by atoms with Crippen LogP contribution in [0.25, 0.3) is 0 Å². The molecule has 7 nitrogen and oxygen atoms in total. The Bertz CT molecular complexity index is 1400. The van der Waals surface area contributed by atoms with Crippen LogP contribution in [0, 0.1) is 0 Å². The van der Waals surface area contributed by atoms with Gasteiger partial charge in [-0.2, -0.15) is 0 Å². The van der Waals surface area contributed by atoms with Crippen LogP contribution >= 0.6 is 34.8 Å². The molecule has 2 amide bonds. The Morgan fingerprint density at radius 1 is 0.900 bits per heavy atom. The van der Waals surface area contributed by atoms with Crippen LogP contribution in [0.15, 0.2) is 77.7 Å². The molecule has 0 aliphatic rings. The van der Waals surface area contributed by atoms with E-state index in [1.807, 2.05) is 6.92 Å². The third-order valence-electron chi connectivity index (χ3n) is 6.30. The van der Waals surface area contributed by atoms with Crippen molar-refractivity contribution in [3.8, 4) is 0 Å². The van der Waals surface area contributed by atoms with E-state index >= 15 is 0 Å². The van der Waals surface area contributed by atoms with Crippen LogP contribution in [0.2, 0.25) is 15.1 Å². The van der Waals surface area contributed by atoms with E-state index in [4.69, 9.17) is 34.8 Å². The van der Waals surface area contributed by atoms with Crippen molar-refractivity contribution in [3.63, 3.8) is 0 Å². The summed E-state index contributed by atoms with van der Waals surface area (Å²) in [6.07, 6.45) is 1.99. The first-order valence-electron chi connectivity index (χ1n) is 12.9. The summed E-state index contributed by atoms with van der Waals surface area (Å²) in [5.41, 5.74) is 0.828. The second-order valence-electron chi connectivity index (χ2n) is 9.13. The standard InChI is InChI=1S/C29H32Cl3N3O4S/c1-3-5-17-33-29(37)27(4-2)34(19-21-11-12-23(31)18-26(21)32)28(36)20-35(24-15-13-22(30)14-16-24)40(38,39)25-9-7-6-8-10-25/h6-16,18,27H,3-5,17,19-20H2,1-2H3,(H,33,37)/t27-/m1/s1. The lowest BCUT2D eigenvalue weighted by Crippen LogP contribution is -2.52. The molecular weight excluding hydrogens is 593 g/mol. The Labute approximate surface area is 251 Å². The number of rotatable bonds is 13. The highest BCUT2D eigenvalue weighted by molar-refractivity contribution is 7.92. The predicted molar refractivity (Wildman–Crippen MR) is 161 cm³/mol. The van der Waals surface area contributed by atoms with Crippen LogP contribution in [0.5, 0.6) is 0 Å². The molecule has 0 aliphatic heterocycles. The van der Waals surface area contributed by atoms with Gasteiger partial charge in [-0.05, 0) is 66.9 Å². The molecule has 3 aromatic rings. The molecule has 0 bridgehead atoms. The molecule has 0 fully saturated rings. The Hall–Kier alpha value is -2.78. The Morgan fingerprint density at radius 2 is 1.55 bits per heavy atom. The molecule has 1 N–H and O–H groups in total. The van der Waals surface area contributed by atoms with Crippen molar-refractivity contribution < 1.29 is 18.0 Å². The van der Waals surface area contributed by atoms with Gasteiger partial charge < -0.3 is 10.2 Å². The first-order chi connectivity index (χ1) is 19.1. The number of hydrogen-bond acceptors (Lipinski definition) is 4. The third-order valence-corrected chi connectivity index (χ3v) is 8.92. The molecule has 0 heterocycles. The lowest BCUT2D eigenvalue weighted by Gasteiger charge is -2.33. The van der Waals surface area contributed by atoms with Gasteiger partial charge in [0.25, 0.3) is 10.0 Å². The SMILES string of the molecule is CCCCNC(=O)[C@@H](CC)N(Cc1ccc(Cl)cc1Cl)C(=O)CN(c1ccc(Cl)cc1)S(=O)(=O)c1ccccc1. The Morgan fingerprint density at radius 3 is 2.15 bits per heavy atom. The molecule has 0 aromatic heterocycles. The lowest BCUT2D eigenvalue weighted by molar-refractivity contribution is -0.140. The number of sulfonamides is 1. The van der Waals surface area contributed by atoms with Crippen molar-refractivity contribution in [3.05, 3.63) is 93.4 Å². The summed E-state index contributed by atoms with van der Waals surface area (Å²) in [5.74, 6) is -0.892. The van der Waals surface area contributed by atoms with Gasteiger partial charge in [0.15, 0.2) is 0 Å². The molecule has 3 aromatic carbocycles. The summed E-state index contributed by atoms with van der Waals surface area (Å²) in [4.78, 5) is 28.7. The van der Waals surface area contributed by atoms with Gasteiger partial charge in [-0.3, -0.25) is 13.9 Å². The number of halogens is 3. The number of carbonyl (C=O) groups excluding carboxylic acids is 2. The smallest absolute Gasteiger partial charge is 0.264 e. The maximum atomic E-state index is 14.0. The molecular formula is C29H32Cl3N3O4S. The second kappa shape index (κ2) is 14.7. The van der Waals surface area contributed by atoms with Crippen LogP contribution in [0.1, 0.15) is 38.7 Å². The predicted octanol–water partition coefficient (Wildman–Crippen LogP) is 6.57. The highest BCUT2D eigenvalue weighted by Gasteiger charge is 2.33. The van der Waals surface area contributed by atoms with Crippen molar-refractivity contribution in [2.24, 2.45) is 0 Å². The van der Waals surface area contributed by atoms with Crippen molar-refractivity contribution in [1.29, 1.82) is 0 Å². The quantitative estimate of drug-likeness (QED) is 0.218. The molecule has 1 atom stereocenters. The average Bonchev–Trinajstić information content (AvgIpc) is 2.93. The van der Waals surface area contributed by atoms with Crippen LogP contribution in [-0.2, 0) is 26.2 Å². The summed E-state index contributed by atoms with van der Waals surface area (Å²) in [6, 6.07) is 18.0. The zero-order valence-corrected chi connectivity index (χ0v) is 25.4. The molecule has 11 heteroatoms. The van der Waals surface area contributed by atoms with E-state index in [-0.39, 0.29) is 23.0 Å².